The topological polar surface area (TPSA) is 67.5 Å². The number of likely N-dealkylation sites (N-methyl/N-ethyl adjacent to an activating group) is 1. The van der Waals surface area contributed by atoms with Gasteiger partial charge < -0.3 is 11.1 Å². The number of benzene rings is 2. The van der Waals surface area contributed by atoms with Crippen LogP contribution < -0.4 is 11.1 Å². The Labute approximate surface area is 145 Å². The Bertz CT molecular complexity index is 755. The average molecular weight is 348 g/mol. The van der Waals surface area contributed by atoms with Gasteiger partial charge in [-0.05, 0) is 49.2 Å². The summed E-state index contributed by atoms with van der Waals surface area (Å²) in [5.41, 5.74) is 8.18. The second kappa shape index (κ2) is 8.04. The van der Waals surface area contributed by atoms with Gasteiger partial charge in [-0.1, -0.05) is 41.9 Å². The highest BCUT2D eigenvalue weighted by molar-refractivity contribution is 6.31. The first kappa shape index (κ1) is 18.1. The number of halogens is 2. The van der Waals surface area contributed by atoms with E-state index in [4.69, 9.17) is 17.3 Å². The number of aliphatic imine (C=N–C) groups is 1. The number of carbonyl (C=O) groups is 1. The number of rotatable bonds is 5. The van der Waals surface area contributed by atoms with E-state index in [0.717, 1.165) is 16.7 Å². The maximum atomic E-state index is 13.2. The SMILES string of the molecule is CNC(Cc1ccc(-c2ccc(F)c(Cl)c2)cc1)C(=O)N=C(C)N. The van der Waals surface area contributed by atoms with Crippen LogP contribution in [0.4, 0.5) is 4.39 Å². The van der Waals surface area contributed by atoms with Crippen LogP contribution >= 0.6 is 11.6 Å². The van der Waals surface area contributed by atoms with Crippen LogP contribution in [0.15, 0.2) is 47.5 Å². The van der Waals surface area contributed by atoms with Crippen molar-refractivity contribution < 1.29 is 9.18 Å². The lowest BCUT2D eigenvalue weighted by Crippen LogP contribution is -2.35. The number of hydrogen-bond donors (Lipinski definition) is 2. The molecule has 3 N–H and O–H groups in total. The van der Waals surface area contributed by atoms with Gasteiger partial charge in [-0.3, -0.25) is 4.79 Å². The Hall–Kier alpha value is -2.24. The third-order valence-electron chi connectivity index (χ3n) is 3.58. The molecule has 0 saturated carbocycles. The molecule has 1 amide bonds. The largest absolute Gasteiger partial charge is 0.387 e. The minimum atomic E-state index is -0.442. The lowest BCUT2D eigenvalue weighted by molar-refractivity contribution is -0.119. The molecular formula is C18H19ClFN3O. The zero-order chi connectivity index (χ0) is 17.7. The van der Waals surface area contributed by atoms with Crippen molar-refractivity contribution in [2.24, 2.45) is 10.7 Å². The fraction of sp³-hybridized carbons (Fsp3) is 0.222. The van der Waals surface area contributed by atoms with Crippen LogP contribution in [0.3, 0.4) is 0 Å². The molecule has 0 heterocycles. The maximum absolute atomic E-state index is 13.2. The minimum Gasteiger partial charge on any atom is -0.387 e. The van der Waals surface area contributed by atoms with Crippen molar-refractivity contribution in [2.45, 2.75) is 19.4 Å². The lowest BCUT2D eigenvalue weighted by Gasteiger charge is -2.13. The van der Waals surface area contributed by atoms with E-state index in [1.165, 1.54) is 6.07 Å². The third-order valence-corrected chi connectivity index (χ3v) is 3.87. The van der Waals surface area contributed by atoms with Crippen molar-refractivity contribution in [2.75, 3.05) is 7.05 Å². The molecule has 126 valence electrons. The Morgan fingerprint density at radius 3 is 2.42 bits per heavy atom. The molecule has 0 radical (unpaired) electrons. The Morgan fingerprint density at radius 2 is 1.88 bits per heavy atom. The van der Waals surface area contributed by atoms with Gasteiger partial charge in [-0.15, -0.1) is 0 Å². The number of amides is 1. The van der Waals surface area contributed by atoms with E-state index >= 15 is 0 Å². The first-order chi connectivity index (χ1) is 11.4. The highest BCUT2D eigenvalue weighted by Gasteiger charge is 2.16. The predicted octanol–water partition coefficient (Wildman–Crippen LogP) is 3.18. The number of amidine groups is 1. The van der Waals surface area contributed by atoms with Crippen LogP contribution in [0.25, 0.3) is 11.1 Å². The van der Waals surface area contributed by atoms with Gasteiger partial charge in [0.1, 0.15) is 5.82 Å². The van der Waals surface area contributed by atoms with Crippen molar-refractivity contribution in [3.05, 3.63) is 58.9 Å². The van der Waals surface area contributed by atoms with Crippen molar-refractivity contribution in [3.8, 4) is 11.1 Å². The molecule has 0 fully saturated rings. The molecule has 4 nitrogen and oxygen atoms in total. The summed E-state index contributed by atoms with van der Waals surface area (Å²) in [6.07, 6.45) is 0.497. The number of nitrogens with zero attached hydrogens (tertiary/aromatic N) is 1. The summed E-state index contributed by atoms with van der Waals surface area (Å²) < 4.78 is 13.2. The van der Waals surface area contributed by atoms with Crippen LogP contribution in [0.2, 0.25) is 5.02 Å². The molecule has 6 heteroatoms. The molecule has 0 aliphatic heterocycles. The predicted molar refractivity (Wildman–Crippen MR) is 95.7 cm³/mol. The molecule has 0 saturated heterocycles. The molecule has 1 atom stereocenters. The number of nitrogens with one attached hydrogen (secondary N) is 1. The van der Waals surface area contributed by atoms with Gasteiger partial charge in [0.15, 0.2) is 0 Å². The number of nitrogens with two attached hydrogens (primary N) is 1. The summed E-state index contributed by atoms with van der Waals surface area (Å²) in [6, 6.07) is 11.8. The Morgan fingerprint density at radius 1 is 1.25 bits per heavy atom. The van der Waals surface area contributed by atoms with Crippen LogP contribution in [0, 0.1) is 5.82 Å². The van der Waals surface area contributed by atoms with Gasteiger partial charge in [-0.2, -0.15) is 4.99 Å². The molecule has 0 aliphatic rings. The van der Waals surface area contributed by atoms with Gasteiger partial charge in [-0.25, -0.2) is 4.39 Å². The summed E-state index contributed by atoms with van der Waals surface area (Å²) in [5, 5.41) is 3.03. The highest BCUT2D eigenvalue weighted by atomic mass is 35.5. The molecule has 0 spiro atoms. The van der Waals surface area contributed by atoms with E-state index in [1.54, 1.807) is 26.1 Å². The maximum Gasteiger partial charge on any atom is 0.264 e. The van der Waals surface area contributed by atoms with E-state index in [1.807, 2.05) is 24.3 Å². The van der Waals surface area contributed by atoms with Crippen molar-refractivity contribution in [3.63, 3.8) is 0 Å². The van der Waals surface area contributed by atoms with Gasteiger partial charge in [0, 0.05) is 0 Å². The third kappa shape index (κ3) is 4.63. The number of hydrogen-bond acceptors (Lipinski definition) is 2. The summed E-state index contributed by atoms with van der Waals surface area (Å²) in [4.78, 5) is 15.7. The molecule has 0 bridgehead atoms. The monoisotopic (exact) mass is 347 g/mol. The van der Waals surface area contributed by atoms with E-state index in [2.05, 4.69) is 10.3 Å². The van der Waals surface area contributed by atoms with Crippen LogP contribution in [-0.4, -0.2) is 24.8 Å². The highest BCUT2D eigenvalue weighted by Crippen LogP contribution is 2.25. The van der Waals surface area contributed by atoms with Crippen molar-refractivity contribution >= 4 is 23.3 Å². The quantitative estimate of drug-likeness (QED) is 0.644. The van der Waals surface area contributed by atoms with Crippen molar-refractivity contribution in [1.29, 1.82) is 0 Å². The normalized spacial score (nSPS) is 12.9. The van der Waals surface area contributed by atoms with E-state index in [0.29, 0.717) is 6.42 Å². The first-order valence-corrected chi connectivity index (χ1v) is 7.84. The van der Waals surface area contributed by atoms with Crippen molar-refractivity contribution in [1.82, 2.24) is 5.32 Å². The van der Waals surface area contributed by atoms with E-state index < -0.39 is 11.9 Å². The van der Waals surface area contributed by atoms with Gasteiger partial charge in [0.05, 0.1) is 16.9 Å². The molecular weight excluding hydrogens is 329 g/mol. The molecule has 2 aromatic rings. The summed E-state index contributed by atoms with van der Waals surface area (Å²) in [6.45, 7) is 1.58. The molecule has 1 unspecified atom stereocenters. The summed E-state index contributed by atoms with van der Waals surface area (Å²) in [7, 11) is 1.71. The molecule has 0 aromatic heterocycles. The second-order valence-corrected chi connectivity index (χ2v) is 5.87. The fourth-order valence-corrected chi connectivity index (χ4v) is 2.49. The Balaban J connectivity index is 2.15. The van der Waals surface area contributed by atoms with Crippen LogP contribution in [-0.2, 0) is 11.2 Å². The van der Waals surface area contributed by atoms with Gasteiger partial charge >= 0.3 is 0 Å². The van der Waals surface area contributed by atoms with E-state index in [9.17, 15) is 9.18 Å². The lowest BCUT2D eigenvalue weighted by atomic mass is 10.0. The molecule has 24 heavy (non-hydrogen) atoms. The Kier molecular flexibility index (Phi) is 6.06. The fourth-order valence-electron chi connectivity index (χ4n) is 2.31. The average Bonchev–Trinajstić information content (AvgIpc) is 2.55. The zero-order valence-electron chi connectivity index (χ0n) is 13.5. The molecule has 0 aliphatic carbocycles. The first-order valence-electron chi connectivity index (χ1n) is 7.47. The summed E-state index contributed by atoms with van der Waals surface area (Å²) in [5.74, 6) is -0.501. The van der Waals surface area contributed by atoms with Gasteiger partial charge in [0.25, 0.3) is 5.91 Å². The smallest absolute Gasteiger partial charge is 0.264 e. The summed E-state index contributed by atoms with van der Waals surface area (Å²) >= 11 is 5.82. The number of carbonyl (C=O) groups excluding carboxylic acids is 1. The standard InChI is InChI=1S/C18H19ClFN3O/c1-11(21)23-18(24)17(22-2)9-12-3-5-13(6-4-12)14-7-8-16(20)15(19)10-14/h3-8,10,17,22H,9H2,1-2H3,(H2,21,23,24). The second-order valence-electron chi connectivity index (χ2n) is 5.46. The minimum absolute atomic E-state index is 0.0902. The van der Waals surface area contributed by atoms with Crippen LogP contribution in [0.5, 0.6) is 0 Å². The molecule has 2 aromatic carbocycles. The van der Waals surface area contributed by atoms with Gasteiger partial charge in [0.2, 0.25) is 0 Å². The van der Waals surface area contributed by atoms with Crippen LogP contribution in [0.1, 0.15) is 12.5 Å². The molecule has 2 rings (SSSR count). The zero-order valence-corrected chi connectivity index (χ0v) is 14.3. The van der Waals surface area contributed by atoms with E-state index in [-0.39, 0.29) is 16.8 Å².